The third-order valence-electron chi connectivity index (χ3n) is 11.5. The highest BCUT2D eigenvalue weighted by Crippen LogP contribution is 2.48. The number of hydrogen-bond donors (Lipinski definition) is 0. The van der Waals surface area contributed by atoms with E-state index in [0.29, 0.717) is 10.9 Å². The van der Waals surface area contributed by atoms with E-state index in [4.69, 9.17) is 0 Å². The lowest BCUT2D eigenvalue weighted by molar-refractivity contribution is 0.448. The molecule has 0 unspecified atom stereocenters. The average Bonchev–Trinajstić information content (AvgIpc) is 3.24. The van der Waals surface area contributed by atoms with E-state index in [0.717, 1.165) is 105 Å². The zero-order chi connectivity index (χ0) is 37.7. The van der Waals surface area contributed by atoms with Crippen LogP contribution in [0.15, 0.2) is 170 Å². The zero-order valence-electron chi connectivity index (χ0n) is 29.7. The molecule has 0 N–H and O–H groups in total. The minimum Gasteiger partial charge on any atom is -0.206 e. The summed E-state index contributed by atoms with van der Waals surface area (Å²) in [6.45, 7) is 0. The second-order valence-electron chi connectivity index (χ2n) is 14.5. The number of rotatable bonds is 4. The SMILES string of the molecule is Fc1cc(-c2ccc3ccc4c(-c5c6ccccc6c(-c6cccc(-c7ccc(F)c8ccccc78)c6)c6ccccc56)ccc5ccc2c3c54)cc(F)c1F. The largest absolute Gasteiger partial charge is 0.206 e. The molecule has 0 aliphatic rings. The van der Waals surface area contributed by atoms with Crippen LogP contribution in [0, 0.1) is 23.3 Å². The van der Waals surface area contributed by atoms with Crippen LogP contribution >= 0.6 is 0 Å². The normalized spacial score (nSPS) is 11.9. The van der Waals surface area contributed by atoms with E-state index < -0.39 is 17.5 Å². The van der Waals surface area contributed by atoms with Gasteiger partial charge < -0.3 is 0 Å². The molecule has 0 fully saturated rings. The van der Waals surface area contributed by atoms with Gasteiger partial charge in [-0.05, 0) is 128 Å². The summed E-state index contributed by atoms with van der Waals surface area (Å²) in [6.07, 6.45) is 0. The van der Waals surface area contributed by atoms with E-state index in [2.05, 4.69) is 97.1 Å². The summed E-state index contributed by atoms with van der Waals surface area (Å²) < 4.78 is 57.9. The summed E-state index contributed by atoms with van der Waals surface area (Å²) >= 11 is 0. The molecule has 0 aliphatic carbocycles. The topological polar surface area (TPSA) is 0 Å². The molecule has 0 nitrogen and oxygen atoms in total. The molecule has 264 valence electrons. The Kier molecular flexibility index (Phi) is 7.08. The molecule has 11 aromatic rings. The quantitative estimate of drug-likeness (QED) is 0.0733. The Hall–Kier alpha value is -7.04. The Morgan fingerprint density at radius 1 is 0.268 bits per heavy atom. The van der Waals surface area contributed by atoms with Crippen LogP contribution in [-0.2, 0) is 0 Å². The van der Waals surface area contributed by atoms with Crippen molar-refractivity contribution in [1.82, 2.24) is 0 Å². The average molecular weight is 729 g/mol. The third kappa shape index (κ3) is 4.72. The van der Waals surface area contributed by atoms with E-state index in [-0.39, 0.29) is 11.4 Å². The number of benzene rings is 11. The van der Waals surface area contributed by atoms with Crippen molar-refractivity contribution >= 4 is 64.6 Å². The third-order valence-corrected chi connectivity index (χ3v) is 11.5. The summed E-state index contributed by atoms with van der Waals surface area (Å²) in [5.74, 6) is -4.15. The van der Waals surface area contributed by atoms with Crippen molar-refractivity contribution in [3.63, 3.8) is 0 Å². The predicted octanol–water partition coefficient (Wildman–Crippen LogP) is 15.3. The van der Waals surface area contributed by atoms with Crippen LogP contribution in [-0.4, -0.2) is 0 Å². The van der Waals surface area contributed by atoms with Gasteiger partial charge in [-0.25, -0.2) is 17.6 Å². The van der Waals surface area contributed by atoms with Gasteiger partial charge in [0.2, 0.25) is 0 Å². The number of fused-ring (bicyclic) bond motifs is 3. The van der Waals surface area contributed by atoms with Crippen molar-refractivity contribution < 1.29 is 17.6 Å². The fourth-order valence-corrected chi connectivity index (χ4v) is 9.07. The van der Waals surface area contributed by atoms with Gasteiger partial charge in [0, 0.05) is 5.39 Å². The summed E-state index contributed by atoms with van der Waals surface area (Å²) in [6, 6.07) is 55.2. The van der Waals surface area contributed by atoms with Crippen LogP contribution in [0.3, 0.4) is 0 Å². The van der Waals surface area contributed by atoms with Crippen molar-refractivity contribution in [2.75, 3.05) is 0 Å². The van der Waals surface area contributed by atoms with E-state index in [9.17, 15) is 17.6 Å². The van der Waals surface area contributed by atoms with E-state index >= 15 is 0 Å². The predicted molar refractivity (Wildman–Crippen MR) is 224 cm³/mol. The second kappa shape index (κ2) is 12.2. The highest BCUT2D eigenvalue weighted by atomic mass is 19.2. The van der Waals surface area contributed by atoms with Gasteiger partial charge in [0.05, 0.1) is 0 Å². The van der Waals surface area contributed by atoms with Gasteiger partial charge in [-0.2, -0.15) is 0 Å². The Labute approximate surface area is 318 Å². The molecule has 0 saturated heterocycles. The molecule has 0 aliphatic heterocycles. The molecule has 0 saturated carbocycles. The van der Waals surface area contributed by atoms with Crippen molar-refractivity contribution in [3.05, 3.63) is 193 Å². The Bertz CT molecular complexity index is 3340. The Balaban J connectivity index is 1.17. The first kappa shape index (κ1) is 32.4. The summed E-state index contributed by atoms with van der Waals surface area (Å²) in [7, 11) is 0. The Morgan fingerprint density at radius 2 is 0.732 bits per heavy atom. The number of hydrogen-bond acceptors (Lipinski definition) is 0. The molecule has 0 amide bonds. The fourth-order valence-electron chi connectivity index (χ4n) is 9.07. The molecular formula is C52H28F4. The van der Waals surface area contributed by atoms with E-state index in [1.807, 2.05) is 54.6 Å². The lowest BCUT2D eigenvalue weighted by atomic mass is 9.82. The summed E-state index contributed by atoms with van der Waals surface area (Å²) in [4.78, 5) is 0. The highest BCUT2D eigenvalue weighted by molar-refractivity contribution is 6.30. The van der Waals surface area contributed by atoms with E-state index in [1.54, 1.807) is 6.07 Å². The van der Waals surface area contributed by atoms with Gasteiger partial charge in [0.1, 0.15) is 5.82 Å². The van der Waals surface area contributed by atoms with Crippen LogP contribution in [0.25, 0.3) is 109 Å². The molecule has 11 aromatic carbocycles. The second-order valence-corrected chi connectivity index (χ2v) is 14.5. The molecule has 0 aromatic heterocycles. The van der Waals surface area contributed by atoms with Gasteiger partial charge in [-0.3, -0.25) is 0 Å². The van der Waals surface area contributed by atoms with Crippen LogP contribution in [0.2, 0.25) is 0 Å². The maximum atomic E-state index is 14.9. The van der Waals surface area contributed by atoms with Gasteiger partial charge in [0.25, 0.3) is 0 Å². The molecule has 11 rings (SSSR count). The minimum atomic E-state index is -1.48. The van der Waals surface area contributed by atoms with Crippen molar-refractivity contribution in [3.8, 4) is 44.5 Å². The van der Waals surface area contributed by atoms with Crippen LogP contribution in [0.1, 0.15) is 0 Å². The highest BCUT2D eigenvalue weighted by Gasteiger charge is 2.21. The van der Waals surface area contributed by atoms with Gasteiger partial charge in [0.15, 0.2) is 17.5 Å². The van der Waals surface area contributed by atoms with Crippen molar-refractivity contribution in [2.45, 2.75) is 0 Å². The molecular weight excluding hydrogens is 701 g/mol. The molecule has 56 heavy (non-hydrogen) atoms. The maximum Gasteiger partial charge on any atom is 0.194 e. The monoisotopic (exact) mass is 728 g/mol. The first-order valence-corrected chi connectivity index (χ1v) is 18.5. The molecule has 0 bridgehead atoms. The first-order valence-electron chi connectivity index (χ1n) is 18.5. The van der Waals surface area contributed by atoms with Crippen LogP contribution in [0.5, 0.6) is 0 Å². The molecule has 0 spiro atoms. The zero-order valence-corrected chi connectivity index (χ0v) is 29.7. The van der Waals surface area contributed by atoms with Crippen LogP contribution in [0.4, 0.5) is 17.6 Å². The lowest BCUT2D eigenvalue weighted by Gasteiger charge is -2.21. The molecule has 0 atom stereocenters. The standard InChI is InChI=1S/C52H28F4/c53-45-25-24-34(36-10-1-2-11-37(36)45)31-8-7-9-32(26-31)48-38-12-3-5-14-40(38)51(41-15-6-4-13-39(41)48)44-23-19-30-17-21-42-35(33-27-46(54)52(56)47(55)28-33)20-16-29-18-22-43(44)50(30)49(29)42/h1-28H. The maximum absolute atomic E-state index is 14.9. The summed E-state index contributed by atoms with van der Waals surface area (Å²) in [5, 5.41) is 11.9. The van der Waals surface area contributed by atoms with Gasteiger partial charge >= 0.3 is 0 Å². The van der Waals surface area contributed by atoms with Crippen molar-refractivity contribution in [1.29, 1.82) is 0 Å². The van der Waals surface area contributed by atoms with Crippen molar-refractivity contribution in [2.24, 2.45) is 0 Å². The molecule has 4 heteroatoms. The van der Waals surface area contributed by atoms with Gasteiger partial charge in [-0.15, -0.1) is 0 Å². The lowest BCUT2D eigenvalue weighted by Crippen LogP contribution is -1.94. The molecule has 0 radical (unpaired) electrons. The smallest absolute Gasteiger partial charge is 0.194 e. The fraction of sp³-hybridized carbons (Fsp3) is 0. The van der Waals surface area contributed by atoms with E-state index in [1.165, 1.54) is 0 Å². The van der Waals surface area contributed by atoms with Gasteiger partial charge in [-0.1, -0.05) is 146 Å². The Morgan fingerprint density at radius 3 is 1.36 bits per heavy atom. The summed E-state index contributed by atoms with van der Waals surface area (Å²) in [5.41, 5.74) is 7.26. The number of halogens is 4. The minimum absolute atomic E-state index is 0.237. The molecule has 0 heterocycles. The van der Waals surface area contributed by atoms with Crippen LogP contribution < -0.4 is 0 Å². The first-order chi connectivity index (χ1) is 27.4.